The summed E-state index contributed by atoms with van der Waals surface area (Å²) >= 11 is 3.46. The molecule has 0 heterocycles. The van der Waals surface area contributed by atoms with Crippen molar-refractivity contribution >= 4 is 15.9 Å². The van der Waals surface area contributed by atoms with Crippen LogP contribution in [0.2, 0.25) is 0 Å². The molecule has 0 radical (unpaired) electrons. The minimum absolute atomic E-state index is 0.146. The van der Waals surface area contributed by atoms with Crippen LogP contribution in [0.15, 0.2) is 59.1 Å². The van der Waals surface area contributed by atoms with E-state index >= 15 is 0 Å². The van der Waals surface area contributed by atoms with Crippen molar-refractivity contribution < 1.29 is 0 Å². The maximum absolute atomic E-state index is 6.23. The van der Waals surface area contributed by atoms with Gasteiger partial charge in [-0.2, -0.15) is 0 Å². The summed E-state index contributed by atoms with van der Waals surface area (Å²) in [5.74, 6) is 0. The predicted octanol–water partition coefficient (Wildman–Crippen LogP) is 4.36. The zero-order chi connectivity index (χ0) is 15.1. The van der Waals surface area contributed by atoms with Crippen molar-refractivity contribution in [3.05, 3.63) is 70.2 Å². The van der Waals surface area contributed by atoms with Gasteiger partial charge in [0.1, 0.15) is 0 Å². The Bertz CT molecular complexity index is 525. The van der Waals surface area contributed by atoms with Gasteiger partial charge in [0.25, 0.3) is 0 Å². The zero-order valence-corrected chi connectivity index (χ0v) is 14.1. The van der Waals surface area contributed by atoms with Gasteiger partial charge in [0.15, 0.2) is 0 Å². The number of rotatable bonds is 7. The fraction of sp³-hybridized carbons (Fsp3) is 0.333. The third-order valence-electron chi connectivity index (χ3n) is 3.65. The van der Waals surface area contributed by atoms with E-state index < -0.39 is 0 Å². The number of hydrogen-bond donors (Lipinski definition) is 1. The van der Waals surface area contributed by atoms with Gasteiger partial charge < -0.3 is 10.6 Å². The molecule has 0 aromatic heterocycles. The monoisotopic (exact) mass is 346 g/mol. The summed E-state index contributed by atoms with van der Waals surface area (Å²) in [5.41, 5.74) is 8.80. The van der Waals surface area contributed by atoms with Crippen molar-refractivity contribution in [2.45, 2.75) is 25.4 Å². The summed E-state index contributed by atoms with van der Waals surface area (Å²) in [6, 6.07) is 19.0. The molecule has 1 unspecified atom stereocenters. The van der Waals surface area contributed by atoms with Gasteiger partial charge in [-0.3, -0.25) is 0 Å². The molecule has 0 saturated heterocycles. The van der Waals surface area contributed by atoms with Crippen LogP contribution in [0.1, 0.15) is 30.0 Å². The summed E-state index contributed by atoms with van der Waals surface area (Å²) < 4.78 is 1.13. The van der Waals surface area contributed by atoms with Crippen LogP contribution < -0.4 is 5.73 Å². The predicted molar refractivity (Wildman–Crippen MR) is 93.1 cm³/mol. The van der Waals surface area contributed by atoms with Crippen LogP contribution in [-0.2, 0) is 6.54 Å². The normalized spacial score (nSPS) is 12.6. The van der Waals surface area contributed by atoms with Gasteiger partial charge in [-0.25, -0.2) is 0 Å². The van der Waals surface area contributed by atoms with Crippen molar-refractivity contribution in [2.24, 2.45) is 5.73 Å². The molecular formula is C18H23BrN2. The van der Waals surface area contributed by atoms with Crippen LogP contribution in [0.3, 0.4) is 0 Å². The lowest BCUT2D eigenvalue weighted by molar-refractivity contribution is 0.314. The first kappa shape index (κ1) is 16.2. The smallest absolute Gasteiger partial charge is 0.0295 e. The van der Waals surface area contributed by atoms with Crippen LogP contribution in [0.4, 0.5) is 0 Å². The molecule has 21 heavy (non-hydrogen) atoms. The van der Waals surface area contributed by atoms with E-state index in [-0.39, 0.29) is 6.04 Å². The molecule has 2 nitrogen and oxygen atoms in total. The molecule has 0 bridgehead atoms. The maximum atomic E-state index is 6.23. The molecule has 1 atom stereocenters. The Morgan fingerprint density at radius 3 is 2.38 bits per heavy atom. The minimum Gasteiger partial charge on any atom is -0.324 e. The summed E-state index contributed by atoms with van der Waals surface area (Å²) in [7, 11) is 2.16. The third-order valence-corrected chi connectivity index (χ3v) is 4.18. The number of hydrogen-bond acceptors (Lipinski definition) is 2. The second-order valence-electron chi connectivity index (χ2n) is 5.52. The van der Waals surface area contributed by atoms with Crippen LogP contribution in [0.5, 0.6) is 0 Å². The Morgan fingerprint density at radius 1 is 1.05 bits per heavy atom. The molecule has 0 aliphatic rings. The van der Waals surface area contributed by atoms with E-state index in [0.29, 0.717) is 0 Å². The molecular weight excluding hydrogens is 324 g/mol. The van der Waals surface area contributed by atoms with Crippen molar-refractivity contribution in [3.63, 3.8) is 0 Å². The number of halogens is 1. The quantitative estimate of drug-likeness (QED) is 0.806. The van der Waals surface area contributed by atoms with Crippen molar-refractivity contribution in [1.29, 1.82) is 0 Å². The highest BCUT2D eigenvalue weighted by Crippen LogP contribution is 2.16. The molecule has 3 heteroatoms. The average Bonchev–Trinajstić information content (AvgIpc) is 2.50. The van der Waals surface area contributed by atoms with E-state index in [1.54, 1.807) is 0 Å². The zero-order valence-electron chi connectivity index (χ0n) is 12.5. The Balaban J connectivity index is 1.72. The van der Waals surface area contributed by atoms with Gasteiger partial charge >= 0.3 is 0 Å². The molecule has 2 rings (SSSR count). The van der Waals surface area contributed by atoms with Crippen molar-refractivity contribution in [3.8, 4) is 0 Å². The van der Waals surface area contributed by atoms with Crippen LogP contribution in [0, 0.1) is 0 Å². The van der Waals surface area contributed by atoms with Crippen LogP contribution in [-0.4, -0.2) is 18.5 Å². The van der Waals surface area contributed by atoms with E-state index in [9.17, 15) is 0 Å². The van der Waals surface area contributed by atoms with Crippen molar-refractivity contribution in [1.82, 2.24) is 4.90 Å². The molecule has 2 aromatic rings. The fourth-order valence-corrected chi connectivity index (χ4v) is 2.69. The fourth-order valence-electron chi connectivity index (χ4n) is 2.43. The standard InChI is InChI=1S/C18H23BrN2/c1-21(14-15-9-11-17(19)12-10-15)13-5-8-18(20)16-6-3-2-4-7-16/h2-4,6-7,9-12,18H,5,8,13-14,20H2,1H3. The van der Waals surface area contributed by atoms with Crippen molar-refractivity contribution in [2.75, 3.05) is 13.6 Å². The van der Waals surface area contributed by atoms with E-state index in [2.05, 4.69) is 76.4 Å². The molecule has 2 N–H and O–H groups in total. The lowest BCUT2D eigenvalue weighted by Gasteiger charge is -2.18. The first-order chi connectivity index (χ1) is 10.1. The Hall–Kier alpha value is -1.16. The third kappa shape index (κ3) is 5.62. The molecule has 0 saturated carbocycles. The summed E-state index contributed by atoms with van der Waals surface area (Å²) in [4.78, 5) is 2.35. The highest BCUT2D eigenvalue weighted by molar-refractivity contribution is 9.10. The average molecular weight is 347 g/mol. The maximum Gasteiger partial charge on any atom is 0.0295 e. The second-order valence-corrected chi connectivity index (χ2v) is 6.44. The first-order valence-corrected chi connectivity index (χ1v) is 8.18. The van der Waals surface area contributed by atoms with Gasteiger partial charge in [-0.05, 0) is 49.7 Å². The van der Waals surface area contributed by atoms with Gasteiger partial charge in [-0.15, -0.1) is 0 Å². The molecule has 2 aromatic carbocycles. The molecule has 0 aliphatic carbocycles. The first-order valence-electron chi connectivity index (χ1n) is 7.38. The number of benzene rings is 2. The summed E-state index contributed by atoms with van der Waals surface area (Å²) in [6.07, 6.45) is 2.14. The summed E-state index contributed by atoms with van der Waals surface area (Å²) in [5, 5.41) is 0. The van der Waals surface area contributed by atoms with Gasteiger partial charge in [0, 0.05) is 17.1 Å². The molecule has 0 fully saturated rings. The molecule has 0 spiro atoms. The van der Waals surface area contributed by atoms with E-state index in [1.165, 1.54) is 11.1 Å². The Labute approximate surface area is 136 Å². The lowest BCUT2D eigenvalue weighted by Crippen LogP contribution is -2.20. The van der Waals surface area contributed by atoms with E-state index in [0.717, 1.165) is 30.4 Å². The number of nitrogens with two attached hydrogens (primary N) is 1. The Morgan fingerprint density at radius 2 is 1.71 bits per heavy atom. The van der Waals surface area contributed by atoms with Crippen LogP contribution >= 0.6 is 15.9 Å². The minimum atomic E-state index is 0.146. The molecule has 0 amide bonds. The van der Waals surface area contributed by atoms with Gasteiger partial charge in [0.05, 0.1) is 0 Å². The van der Waals surface area contributed by atoms with Gasteiger partial charge in [-0.1, -0.05) is 58.4 Å². The molecule has 0 aliphatic heterocycles. The SMILES string of the molecule is CN(CCCC(N)c1ccccc1)Cc1ccc(Br)cc1. The lowest BCUT2D eigenvalue weighted by atomic mass is 10.0. The van der Waals surface area contributed by atoms with E-state index in [4.69, 9.17) is 5.73 Å². The van der Waals surface area contributed by atoms with Crippen LogP contribution in [0.25, 0.3) is 0 Å². The second kappa shape index (κ2) is 8.32. The largest absolute Gasteiger partial charge is 0.324 e. The van der Waals surface area contributed by atoms with E-state index in [1.807, 2.05) is 6.07 Å². The highest BCUT2D eigenvalue weighted by Gasteiger charge is 2.06. The topological polar surface area (TPSA) is 29.3 Å². The molecule has 112 valence electrons. The highest BCUT2D eigenvalue weighted by atomic mass is 79.9. The summed E-state index contributed by atoms with van der Waals surface area (Å²) in [6.45, 7) is 2.05. The van der Waals surface area contributed by atoms with Gasteiger partial charge in [0.2, 0.25) is 0 Å². The number of nitrogens with zero attached hydrogens (tertiary/aromatic N) is 1. The Kier molecular flexibility index (Phi) is 6.43.